The fourth-order valence-electron chi connectivity index (χ4n) is 3.27. The first-order chi connectivity index (χ1) is 12.4. The van der Waals surface area contributed by atoms with Crippen molar-refractivity contribution in [1.82, 2.24) is 10.1 Å². The molecule has 0 saturated carbocycles. The molecule has 0 bridgehead atoms. The highest BCUT2D eigenvalue weighted by atomic mass is 35.5. The van der Waals surface area contributed by atoms with E-state index in [-0.39, 0.29) is 37.5 Å². The Morgan fingerprint density at radius 2 is 2.15 bits per heavy atom. The van der Waals surface area contributed by atoms with Crippen LogP contribution in [0.1, 0.15) is 29.9 Å². The Morgan fingerprint density at radius 3 is 2.85 bits per heavy atom. The van der Waals surface area contributed by atoms with Gasteiger partial charge < -0.3 is 14.5 Å². The number of hydrogen-bond acceptors (Lipinski definition) is 5. The summed E-state index contributed by atoms with van der Waals surface area (Å²) in [6.45, 7) is 1.94. The van der Waals surface area contributed by atoms with Crippen LogP contribution in [0.25, 0.3) is 0 Å². The van der Waals surface area contributed by atoms with E-state index in [4.69, 9.17) is 16.1 Å². The fraction of sp³-hybridized carbons (Fsp3) is 0.421. The highest BCUT2D eigenvalue weighted by molar-refractivity contribution is 6.31. The highest BCUT2D eigenvalue weighted by Crippen LogP contribution is 2.23. The van der Waals surface area contributed by atoms with Gasteiger partial charge in [0.2, 0.25) is 5.91 Å². The third kappa shape index (κ3) is 4.31. The first-order valence-electron chi connectivity index (χ1n) is 8.60. The van der Waals surface area contributed by atoms with Gasteiger partial charge in [-0.1, -0.05) is 35.0 Å². The van der Waals surface area contributed by atoms with Crippen LogP contribution in [-0.2, 0) is 22.4 Å². The first-order valence-corrected chi connectivity index (χ1v) is 8.97. The van der Waals surface area contributed by atoms with Gasteiger partial charge in [-0.05, 0) is 25.0 Å². The van der Waals surface area contributed by atoms with Gasteiger partial charge in [0, 0.05) is 30.5 Å². The molecule has 1 fully saturated rings. The molecule has 0 unspecified atom stereocenters. The molecule has 2 aromatic rings. The van der Waals surface area contributed by atoms with Gasteiger partial charge in [0.1, 0.15) is 5.76 Å². The average Bonchev–Trinajstić information content (AvgIpc) is 3.19. The maximum absolute atomic E-state index is 12.7. The number of aliphatic hydroxyl groups excluding tert-OH is 1. The molecule has 1 aliphatic rings. The Kier molecular flexibility index (Phi) is 5.74. The zero-order valence-corrected chi connectivity index (χ0v) is 15.3. The summed E-state index contributed by atoms with van der Waals surface area (Å²) in [5.41, 5.74) is 1.60. The van der Waals surface area contributed by atoms with Crippen molar-refractivity contribution in [3.63, 3.8) is 0 Å². The average molecular weight is 377 g/mol. The molecule has 1 N–H and O–H groups in total. The highest BCUT2D eigenvalue weighted by Gasteiger charge is 2.38. The van der Waals surface area contributed by atoms with Crippen molar-refractivity contribution in [3.8, 4) is 0 Å². The molecule has 0 radical (unpaired) electrons. The molecular formula is C19H21ClN2O4. The van der Waals surface area contributed by atoms with E-state index in [0.717, 1.165) is 5.56 Å². The number of likely N-dealkylation sites (tertiary alicyclic amines) is 1. The standard InChI is InChI=1S/C19H21ClN2O4/c1-12-8-15(26-21-12)10-19(25)22-11-14(23)9-17(22)18(24)7-6-13-4-2-3-5-16(13)20/h2-5,8,14,17,23H,6-7,9-11H2,1H3/t14-,17+/m1/s1. The van der Waals surface area contributed by atoms with E-state index in [1.807, 2.05) is 18.2 Å². The number of aryl methyl sites for hydroxylation is 2. The number of aromatic nitrogens is 1. The van der Waals surface area contributed by atoms with Crippen LogP contribution in [0.4, 0.5) is 0 Å². The van der Waals surface area contributed by atoms with E-state index in [2.05, 4.69) is 5.16 Å². The van der Waals surface area contributed by atoms with Crippen LogP contribution in [0, 0.1) is 6.92 Å². The summed E-state index contributed by atoms with van der Waals surface area (Å²) >= 11 is 6.13. The van der Waals surface area contributed by atoms with Crippen LogP contribution in [0.15, 0.2) is 34.9 Å². The predicted molar refractivity (Wildman–Crippen MR) is 95.8 cm³/mol. The topological polar surface area (TPSA) is 83.6 Å². The van der Waals surface area contributed by atoms with E-state index in [1.54, 1.807) is 19.1 Å². The minimum atomic E-state index is -0.690. The number of nitrogens with zero attached hydrogens (tertiary/aromatic N) is 2. The SMILES string of the molecule is Cc1cc(CC(=O)N2C[C@H](O)C[C@H]2C(=O)CCc2ccccc2Cl)on1. The lowest BCUT2D eigenvalue weighted by Crippen LogP contribution is -2.41. The summed E-state index contributed by atoms with van der Waals surface area (Å²) in [6.07, 6.45) is 0.384. The Balaban J connectivity index is 1.63. The van der Waals surface area contributed by atoms with Gasteiger partial charge in [0.05, 0.1) is 24.3 Å². The van der Waals surface area contributed by atoms with Crippen molar-refractivity contribution in [2.45, 2.75) is 44.8 Å². The van der Waals surface area contributed by atoms with Crippen LogP contribution < -0.4 is 0 Å². The number of Topliss-reactive ketones (excluding diaryl/α,β-unsaturated/α-hetero) is 1. The number of rotatable bonds is 6. The number of carbonyl (C=O) groups is 2. The Hall–Kier alpha value is -2.18. The second-order valence-corrected chi connectivity index (χ2v) is 7.03. The summed E-state index contributed by atoms with van der Waals surface area (Å²) in [6, 6.07) is 8.47. The van der Waals surface area contributed by atoms with E-state index in [1.165, 1.54) is 4.90 Å². The molecule has 0 spiro atoms. The normalized spacial score (nSPS) is 19.7. The van der Waals surface area contributed by atoms with Crippen LogP contribution in [0.5, 0.6) is 0 Å². The second kappa shape index (κ2) is 8.01. The first kappa shape index (κ1) is 18.6. The van der Waals surface area contributed by atoms with E-state index < -0.39 is 12.1 Å². The molecule has 1 aromatic heterocycles. The van der Waals surface area contributed by atoms with Gasteiger partial charge in [0.15, 0.2) is 5.78 Å². The Labute approximate surface area is 156 Å². The van der Waals surface area contributed by atoms with E-state index in [0.29, 0.717) is 22.9 Å². The molecule has 6 nitrogen and oxygen atoms in total. The smallest absolute Gasteiger partial charge is 0.231 e. The molecular weight excluding hydrogens is 356 g/mol. The van der Waals surface area contributed by atoms with Gasteiger partial charge in [-0.2, -0.15) is 0 Å². The molecule has 0 aliphatic carbocycles. The molecule has 2 atom stereocenters. The molecule has 138 valence electrons. The zero-order valence-electron chi connectivity index (χ0n) is 14.5. The van der Waals surface area contributed by atoms with Crippen molar-refractivity contribution in [2.24, 2.45) is 0 Å². The molecule has 7 heteroatoms. The molecule has 3 rings (SSSR count). The zero-order chi connectivity index (χ0) is 18.7. The summed E-state index contributed by atoms with van der Waals surface area (Å²) in [4.78, 5) is 26.7. The van der Waals surface area contributed by atoms with Gasteiger partial charge >= 0.3 is 0 Å². The largest absolute Gasteiger partial charge is 0.391 e. The Morgan fingerprint density at radius 1 is 1.38 bits per heavy atom. The maximum atomic E-state index is 12.7. The second-order valence-electron chi connectivity index (χ2n) is 6.62. The van der Waals surface area contributed by atoms with Crippen molar-refractivity contribution in [3.05, 3.63) is 52.4 Å². The number of carbonyl (C=O) groups excluding carboxylic acids is 2. The number of aliphatic hydroxyl groups is 1. The summed E-state index contributed by atoms with van der Waals surface area (Å²) < 4.78 is 5.08. The number of β-amino-alcohol motifs (C(OH)–C–C–N with tert-alkyl or cyclic N) is 1. The van der Waals surface area contributed by atoms with Gasteiger partial charge in [-0.3, -0.25) is 9.59 Å². The third-order valence-electron chi connectivity index (χ3n) is 4.57. The quantitative estimate of drug-likeness (QED) is 0.836. The molecule has 2 heterocycles. The van der Waals surface area contributed by atoms with Crippen molar-refractivity contribution in [1.29, 1.82) is 0 Å². The minimum absolute atomic E-state index is 0.0296. The summed E-state index contributed by atoms with van der Waals surface area (Å²) in [7, 11) is 0. The molecule has 1 saturated heterocycles. The molecule has 26 heavy (non-hydrogen) atoms. The van der Waals surface area contributed by atoms with Crippen molar-refractivity contribution in [2.75, 3.05) is 6.54 Å². The van der Waals surface area contributed by atoms with Gasteiger partial charge in [0.25, 0.3) is 0 Å². The molecule has 1 aromatic carbocycles. The Bertz CT molecular complexity index is 804. The monoisotopic (exact) mass is 376 g/mol. The lowest BCUT2D eigenvalue weighted by Gasteiger charge is -2.23. The van der Waals surface area contributed by atoms with Gasteiger partial charge in [-0.15, -0.1) is 0 Å². The summed E-state index contributed by atoms with van der Waals surface area (Å²) in [5.74, 6) is 0.147. The van der Waals surface area contributed by atoms with Crippen molar-refractivity contribution < 1.29 is 19.2 Å². The number of ketones is 1. The van der Waals surface area contributed by atoms with E-state index in [9.17, 15) is 14.7 Å². The van der Waals surface area contributed by atoms with Crippen LogP contribution in [0.3, 0.4) is 0 Å². The lowest BCUT2D eigenvalue weighted by molar-refractivity contribution is -0.137. The minimum Gasteiger partial charge on any atom is -0.391 e. The number of hydrogen-bond donors (Lipinski definition) is 1. The molecule has 1 amide bonds. The number of amides is 1. The number of benzene rings is 1. The van der Waals surface area contributed by atoms with Gasteiger partial charge in [-0.25, -0.2) is 0 Å². The van der Waals surface area contributed by atoms with Crippen molar-refractivity contribution >= 4 is 23.3 Å². The van der Waals surface area contributed by atoms with Crippen LogP contribution >= 0.6 is 11.6 Å². The number of halogens is 1. The van der Waals surface area contributed by atoms with Crippen LogP contribution in [-0.4, -0.2) is 45.5 Å². The molecule has 1 aliphatic heterocycles. The summed E-state index contributed by atoms with van der Waals surface area (Å²) in [5, 5.41) is 14.4. The third-order valence-corrected chi connectivity index (χ3v) is 4.94. The van der Waals surface area contributed by atoms with E-state index >= 15 is 0 Å². The predicted octanol–water partition coefficient (Wildman–Crippen LogP) is 2.34. The fourth-order valence-corrected chi connectivity index (χ4v) is 3.50. The maximum Gasteiger partial charge on any atom is 0.231 e. The lowest BCUT2D eigenvalue weighted by atomic mass is 10.0. The van der Waals surface area contributed by atoms with Crippen LogP contribution in [0.2, 0.25) is 5.02 Å².